The molecule has 3 nitrogen and oxygen atoms in total. The molecule has 2 N–H and O–H groups in total. The lowest BCUT2D eigenvalue weighted by molar-refractivity contribution is -0.0275. The van der Waals surface area contributed by atoms with Crippen LogP contribution in [0.4, 0.5) is 0 Å². The Balaban J connectivity index is 2.89. The summed E-state index contributed by atoms with van der Waals surface area (Å²) in [4.78, 5) is 2.63. The molecule has 1 unspecified atom stereocenters. The summed E-state index contributed by atoms with van der Waals surface area (Å²) < 4.78 is 5.48. The summed E-state index contributed by atoms with van der Waals surface area (Å²) in [6, 6.07) is 0.735. The molecule has 0 saturated heterocycles. The summed E-state index contributed by atoms with van der Waals surface area (Å²) in [5.41, 5.74) is 6.13. The average Bonchev–Trinajstić information content (AvgIpc) is 3.06. The van der Waals surface area contributed by atoms with Crippen LogP contribution < -0.4 is 5.73 Å². The standard InChI is InChI=1S/C14H30N2O/c1-11(2)8-16(13-6-7-13)14(9-15,10-17-5)12(3)4/h11-13H,6-10,15H2,1-5H3. The number of nitrogens with zero attached hydrogens (tertiary/aromatic N) is 1. The Labute approximate surface area is 107 Å². The number of rotatable bonds is 8. The second-order valence-corrected chi connectivity index (χ2v) is 6.17. The summed E-state index contributed by atoms with van der Waals surface area (Å²) in [6.07, 6.45) is 2.65. The quantitative estimate of drug-likeness (QED) is 0.708. The van der Waals surface area contributed by atoms with Crippen LogP contribution in [0.15, 0.2) is 0 Å². The number of hydrogen-bond donors (Lipinski definition) is 1. The van der Waals surface area contributed by atoms with Crippen LogP contribution in [0, 0.1) is 11.8 Å². The summed E-state index contributed by atoms with van der Waals surface area (Å²) in [5, 5.41) is 0. The SMILES string of the molecule is COCC(CN)(C(C)C)N(CC(C)C)C1CC1. The van der Waals surface area contributed by atoms with Crippen molar-refractivity contribution in [3.63, 3.8) is 0 Å². The zero-order valence-electron chi connectivity index (χ0n) is 12.2. The number of methoxy groups -OCH3 is 1. The third-order valence-electron chi connectivity index (χ3n) is 3.94. The first-order chi connectivity index (χ1) is 7.97. The molecule has 1 fully saturated rings. The largest absolute Gasteiger partial charge is 0.383 e. The fourth-order valence-electron chi connectivity index (χ4n) is 2.72. The van der Waals surface area contributed by atoms with Crippen LogP contribution in [0.2, 0.25) is 0 Å². The lowest BCUT2D eigenvalue weighted by atomic mass is 9.84. The second kappa shape index (κ2) is 6.17. The molecular formula is C14H30N2O. The van der Waals surface area contributed by atoms with Gasteiger partial charge in [-0.05, 0) is 24.7 Å². The van der Waals surface area contributed by atoms with E-state index in [0.29, 0.717) is 18.4 Å². The molecule has 1 atom stereocenters. The van der Waals surface area contributed by atoms with Gasteiger partial charge in [0, 0.05) is 26.2 Å². The number of ether oxygens (including phenoxy) is 1. The van der Waals surface area contributed by atoms with Gasteiger partial charge in [-0.1, -0.05) is 27.7 Å². The minimum Gasteiger partial charge on any atom is -0.383 e. The van der Waals surface area contributed by atoms with Gasteiger partial charge in [0.25, 0.3) is 0 Å². The van der Waals surface area contributed by atoms with Crippen LogP contribution in [0.3, 0.4) is 0 Å². The highest BCUT2D eigenvalue weighted by atomic mass is 16.5. The monoisotopic (exact) mass is 242 g/mol. The van der Waals surface area contributed by atoms with Gasteiger partial charge in [-0.25, -0.2) is 0 Å². The normalized spacial score (nSPS) is 20.3. The zero-order valence-corrected chi connectivity index (χ0v) is 12.2. The van der Waals surface area contributed by atoms with E-state index in [4.69, 9.17) is 10.5 Å². The van der Waals surface area contributed by atoms with E-state index in [1.807, 2.05) is 0 Å². The van der Waals surface area contributed by atoms with Gasteiger partial charge in [0.15, 0.2) is 0 Å². The highest BCUT2D eigenvalue weighted by Gasteiger charge is 2.45. The predicted octanol–water partition coefficient (Wildman–Crippen LogP) is 2.11. The smallest absolute Gasteiger partial charge is 0.0661 e. The van der Waals surface area contributed by atoms with Crippen molar-refractivity contribution >= 4 is 0 Å². The summed E-state index contributed by atoms with van der Waals surface area (Å²) >= 11 is 0. The van der Waals surface area contributed by atoms with Crippen molar-refractivity contribution in [1.29, 1.82) is 0 Å². The molecule has 0 aliphatic heterocycles. The van der Waals surface area contributed by atoms with Gasteiger partial charge in [-0.3, -0.25) is 4.90 Å². The molecule has 0 aromatic rings. The van der Waals surface area contributed by atoms with Crippen molar-refractivity contribution in [2.24, 2.45) is 17.6 Å². The fourth-order valence-corrected chi connectivity index (χ4v) is 2.72. The third-order valence-corrected chi connectivity index (χ3v) is 3.94. The van der Waals surface area contributed by atoms with Crippen LogP contribution in [-0.4, -0.2) is 43.3 Å². The molecule has 17 heavy (non-hydrogen) atoms. The second-order valence-electron chi connectivity index (χ2n) is 6.17. The maximum Gasteiger partial charge on any atom is 0.0661 e. The van der Waals surface area contributed by atoms with Crippen molar-refractivity contribution in [1.82, 2.24) is 4.90 Å². The first kappa shape index (κ1) is 14.9. The molecule has 1 aliphatic carbocycles. The Morgan fingerprint density at radius 2 is 1.88 bits per heavy atom. The minimum absolute atomic E-state index is 0.0141. The van der Waals surface area contributed by atoms with Crippen molar-refractivity contribution in [3.05, 3.63) is 0 Å². The van der Waals surface area contributed by atoms with E-state index in [1.165, 1.54) is 12.8 Å². The summed E-state index contributed by atoms with van der Waals surface area (Å²) in [6.45, 7) is 11.6. The van der Waals surface area contributed by atoms with Gasteiger partial charge < -0.3 is 10.5 Å². The Kier molecular flexibility index (Phi) is 5.42. The van der Waals surface area contributed by atoms with E-state index in [0.717, 1.165) is 19.2 Å². The molecule has 0 aromatic heterocycles. The maximum atomic E-state index is 6.12. The van der Waals surface area contributed by atoms with Crippen molar-refractivity contribution < 1.29 is 4.74 Å². The van der Waals surface area contributed by atoms with Gasteiger partial charge in [-0.15, -0.1) is 0 Å². The van der Waals surface area contributed by atoms with Crippen molar-refractivity contribution in [3.8, 4) is 0 Å². The highest BCUT2D eigenvalue weighted by Crippen LogP contribution is 2.37. The summed E-state index contributed by atoms with van der Waals surface area (Å²) in [7, 11) is 1.78. The molecule has 0 heterocycles. The summed E-state index contributed by atoms with van der Waals surface area (Å²) in [5.74, 6) is 1.20. The topological polar surface area (TPSA) is 38.5 Å². The van der Waals surface area contributed by atoms with E-state index in [2.05, 4.69) is 32.6 Å². The Morgan fingerprint density at radius 1 is 1.29 bits per heavy atom. The van der Waals surface area contributed by atoms with Crippen LogP contribution in [0.25, 0.3) is 0 Å². The lowest BCUT2D eigenvalue weighted by Gasteiger charge is -2.47. The molecule has 1 aliphatic rings. The molecule has 3 heteroatoms. The van der Waals surface area contributed by atoms with Gasteiger partial charge in [0.1, 0.15) is 0 Å². The first-order valence-electron chi connectivity index (χ1n) is 6.93. The van der Waals surface area contributed by atoms with Gasteiger partial charge in [0.05, 0.1) is 12.1 Å². The molecule has 0 aromatic carbocycles. The van der Waals surface area contributed by atoms with E-state index in [1.54, 1.807) is 7.11 Å². The maximum absolute atomic E-state index is 6.12. The van der Waals surface area contributed by atoms with Gasteiger partial charge in [-0.2, -0.15) is 0 Å². The molecule has 1 saturated carbocycles. The van der Waals surface area contributed by atoms with Gasteiger partial charge in [0.2, 0.25) is 0 Å². The fraction of sp³-hybridized carbons (Fsp3) is 1.00. The Bertz CT molecular complexity index is 226. The number of nitrogens with two attached hydrogens (primary N) is 1. The molecular weight excluding hydrogens is 212 g/mol. The first-order valence-corrected chi connectivity index (χ1v) is 6.93. The van der Waals surface area contributed by atoms with Crippen molar-refractivity contribution in [2.45, 2.75) is 52.1 Å². The highest BCUT2D eigenvalue weighted by molar-refractivity contribution is 5.01. The molecule has 1 rings (SSSR count). The Hall–Kier alpha value is -0.120. The van der Waals surface area contributed by atoms with E-state index in [9.17, 15) is 0 Å². The molecule has 0 radical (unpaired) electrons. The minimum atomic E-state index is 0.0141. The van der Waals surface area contributed by atoms with E-state index in [-0.39, 0.29) is 5.54 Å². The Morgan fingerprint density at radius 3 is 2.18 bits per heavy atom. The van der Waals surface area contributed by atoms with Crippen LogP contribution in [-0.2, 0) is 4.74 Å². The third kappa shape index (κ3) is 3.43. The average molecular weight is 242 g/mol. The van der Waals surface area contributed by atoms with E-state index >= 15 is 0 Å². The number of hydrogen-bond acceptors (Lipinski definition) is 3. The lowest BCUT2D eigenvalue weighted by Crippen LogP contribution is -2.62. The zero-order chi connectivity index (χ0) is 13.1. The van der Waals surface area contributed by atoms with Gasteiger partial charge >= 0.3 is 0 Å². The van der Waals surface area contributed by atoms with E-state index < -0.39 is 0 Å². The molecule has 0 amide bonds. The molecule has 0 spiro atoms. The molecule has 102 valence electrons. The predicted molar refractivity (Wildman–Crippen MR) is 73.1 cm³/mol. The van der Waals surface area contributed by atoms with Crippen LogP contribution in [0.5, 0.6) is 0 Å². The molecule has 0 bridgehead atoms. The van der Waals surface area contributed by atoms with Crippen LogP contribution in [0.1, 0.15) is 40.5 Å². The van der Waals surface area contributed by atoms with Crippen molar-refractivity contribution in [2.75, 3.05) is 26.8 Å². The van der Waals surface area contributed by atoms with Crippen LogP contribution >= 0.6 is 0 Å².